The molecule has 23 heavy (non-hydrogen) atoms. The molecule has 1 fully saturated rings. The number of hydrogen-bond acceptors (Lipinski definition) is 4. The number of piperidine rings is 1. The number of likely N-dealkylation sites (tertiary alicyclic amines) is 1. The van der Waals surface area contributed by atoms with E-state index in [4.69, 9.17) is 32.7 Å². The Morgan fingerprint density at radius 2 is 1.87 bits per heavy atom. The van der Waals surface area contributed by atoms with E-state index in [1.54, 1.807) is 12.1 Å². The summed E-state index contributed by atoms with van der Waals surface area (Å²) >= 11 is 12.3. The quantitative estimate of drug-likeness (QED) is 0.815. The summed E-state index contributed by atoms with van der Waals surface area (Å²) in [6, 6.07) is 3.22. The molecule has 128 valence electrons. The molecular formula is C16H22Cl2N2O3. The van der Waals surface area contributed by atoms with Crippen LogP contribution in [0.5, 0.6) is 5.75 Å². The van der Waals surface area contributed by atoms with E-state index in [9.17, 15) is 4.79 Å². The first-order valence-corrected chi connectivity index (χ1v) is 8.63. The van der Waals surface area contributed by atoms with E-state index < -0.39 is 6.09 Å². The third kappa shape index (κ3) is 5.75. The number of amides is 1. The van der Waals surface area contributed by atoms with Crippen LogP contribution in [0.2, 0.25) is 10.0 Å². The molecular weight excluding hydrogens is 339 g/mol. The van der Waals surface area contributed by atoms with Crippen molar-refractivity contribution in [2.45, 2.75) is 26.2 Å². The van der Waals surface area contributed by atoms with Crippen LogP contribution >= 0.6 is 23.2 Å². The van der Waals surface area contributed by atoms with Gasteiger partial charge in [0, 0.05) is 18.7 Å². The first-order valence-electron chi connectivity index (χ1n) is 7.88. The van der Waals surface area contributed by atoms with Gasteiger partial charge in [-0.25, -0.2) is 4.79 Å². The summed E-state index contributed by atoms with van der Waals surface area (Å²) in [7, 11) is 0. The Balaban J connectivity index is 1.82. The molecule has 1 aliphatic rings. The highest BCUT2D eigenvalue weighted by Crippen LogP contribution is 2.34. The van der Waals surface area contributed by atoms with Crippen LogP contribution in [-0.4, -0.2) is 43.8 Å². The van der Waals surface area contributed by atoms with Gasteiger partial charge in [-0.3, -0.25) is 10.2 Å². The van der Waals surface area contributed by atoms with E-state index in [2.05, 4.69) is 10.2 Å². The van der Waals surface area contributed by atoms with E-state index in [1.165, 1.54) is 19.3 Å². The Kier molecular flexibility index (Phi) is 7.27. The lowest BCUT2D eigenvalue weighted by Gasteiger charge is -2.25. The van der Waals surface area contributed by atoms with Gasteiger partial charge in [0.05, 0.1) is 22.3 Å². The number of carbonyl (C=O) groups excluding carboxylic acids is 1. The third-order valence-electron chi connectivity index (χ3n) is 3.64. The molecule has 0 unspecified atom stereocenters. The van der Waals surface area contributed by atoms with Gasteiger partial charge < -0.3 is 9.47 Å². The Bertz CT molecular complexity index is 511. The number of halogens is 2. The standard InChI is InChI=1S/C16H22Cl2N2O3/c1-2-22-12-10-13(17)15(14(18)11-12)19-16(21)23-9-8-20-6-4-3-5-7-20/h10-11H,2-9H2,1H3,(H,19,21). The molecule has 0 aromatic heterocycles. The van der Waals surface area contributed by atoms with Gasteiger partial charge in [0.2, 0.25) is 0 Å². The summed E-state index contributed by atoms with van der Waals surface area (Å²) in [5.74, 6) is 0.562. The van der Waals surface area contributed by atoms with Crippen LogP contribution in [0.1, 0.15) is 26.2 Å². The number of anilines is 1. The number of nitrogens with zero attached hydrogens (tertiary/aromatic N) is 1. The molecule has 0 saturated carbocycles. The third-order valence-corrected chi connectivity index (χ3v) is 4.24. The van der Waals surface area contributed by atoms with E-state index in [1.807, 2.05) is 6.92 Å². The minimum atomic E-state index is -0.560. The predicted molar refractivity (Wildman–Crippen MR) is 92.9 cm³/mol. The van der Waals surface area contributed by atoms with Gasteiger partial charge in [-0.2, -0.15) is 0 Å². The van der Waals surface area contributed by atoms with E-state index in [0.717, 1.165) is 19.6 Å². The summed E-state index contributed by atoms with van der Waals surface area (Å²) in [5, 5.41) is 3.21. The number of nitrogens with one attached hydrogen (secondary N) is 1. The molecule has 7 heteroatoms. The zero-order valence-electron chi connectivity index (χ0n) is 13.2. The molecule has 0 aliphatic carbocycles. The summed E-state index contributed by atoms with van der Waals surface area (Å²) in [6.07, 6.45) is 3.15. The van der Waals surface area contributed by atoms with Crippen molar-refractivity contribution in [1.82, 2.24) is 4.90 Å². The maximum atomic E-state index is 11.9. The van der Waals surface area contributed by atoms with Crippen LogP contribution in [0.25, 0.3) is 0 Å². The number of hydrogen-bond donors (Lipinski definition) is 1. The molecule has 5 nitrogen and oxygen atoms in total. The Hall–Kier alpha value is -1.17. The van der Waals surface area contributed by atoms with Crippen LogP contribution < -0.4 is 10.1 Å². The summed E-state index contributed by atoms with van der Waals surface area (Å²) in [4.78, 5) is 14.2. The fraction of sp³-hybridized carbons (Fsp3) is 0.562. The van der Waals surface area contributed by atoms with Crippen LogP contribution in [0.3, 0.4) is 0 Å². The molecule has 1 saturated heterocycles. The van der Waals surface area contributed by atoms with Crippen molar-refractivity contribution in [2.24, 2.45) is 0 Å². The number of ether oxygens (including phenoxy) is 2. The molecule has 1 aliphatic heterocycles. The summed E-state index contributed by atoms with van der Waals surface area (Å²) in [5.41, 5.74) is 0.333. The molecule has 0 radical (unpaired) electrons. The first kappa shape index (κ1) is 18.2. The normalized spacial score (nSPS) is 15.3. The molecule has 1 heterocycles. The monoisotopic (exact) mass is 360 g/mol. The average molecular weight is 361 g/mol. The zero-order valence-corrected chi connectivity index (χ0v) is 14.8. The van der Waals surface area contributed by atoms with Gasteiger partial charge in [0.25, 0.3) is 0 Å². The highest BCUT2D eigenvalue weighted by Gasteiger charge is 2.14. The summed E-state index contributed by atoms with van der Waals surface area (Å²) in [6.45, 7) is 5.62. The van der Waals surface area contributed by atoms with Crippen molar-refractivity contribution in [1.29, 1.82) is 0 Å². The van der Waals surface area contributed by atoms with Gasteiger partial charge in [-0.05, 0) is 32.9 Å². The van der Waals surface area contributed by atoms with E-state index in [0.29, 0.717) is 34.7 Å². The van der Waals surface area contributed by atoms with Crippen molar-refractivity contribution >= 4 is 35.0 Å². The fourth-order valence-corrected chi connectivity index (χ4v) is 3.07. The smallest absolute Gasteiger partial charge is 0.411 e. The minimum Gasteiger partial charge on any atom is -0.494 e. The van der Waals surface area contributed by atoms with Gasteiger partial charge >= 0.3 is 6.09 Å². The number of rotatable bonds is 6. The average Bonchev–Trinajstić information content (AvgIpc) is 2.52. The number of benzene rings is 1. The first-order chi connectivity index (χ1) is 11.1. The fourth-order valence-electron chi connectivity index (χ4n) is 2.51. The van der Waals surface area contributed by atoms with Gasteiger partial charge in [-0.1, -0.05) is 29.6 Å². The molecule has 0 bridgehead atoms. The second kappa shape index (κ2) is 9.21. The van der Waals surface area contributed by atoms with Crippen LogP contribution in [-0.2, 0) is 4.74 Å². The SMILES string of the molecule is CCOc1cc(Cl)c(NC(=O)OCCN2CCCCC2)c(Cl)c1. The van der Waals surface area contributed by atoms with E-state index >= 15 is 0 Å². The van der Waals surface area contributed by atoms with Crippen molar-refractivity contribution < 1.29 is 14.3 Å². The van der Waals surface area contributed by atoms with Gasteiger partial charge in [0.1, 0.15) is 12.4 Å². The second-order valence-electron chi connectivity index (χ2n) is 5.36. The molecule has 0 spiro atoms. The lowest BCUT2D eigenvalue weighted by atomic mass is 10.1. The molecule has 1 aromatic carbocycles. The lowest BCUT2D eigenvalue weighted by Crippen LogP contribution is -2.33. The number of carbonyl (C=O) groups is 1. The maximum absolute atomic E-state index is 11.9. The molecule has 1 aromatic rings. The highest BCUT2D eigenvalue weighted by atomic mass is 35.5. The zero-order chi connectivity index (χ0) is 16.7. The van der Waals surface area contributed by atoms with Crippen molar-refractivity contribution in [3.63, 3.8) is 0 Å². The largest absolute Gasteiger partial charge is 0.494 e. The van der Waals surface area contributed by atoms with Crippen molar-refractivity contribution in [3.8, 4) is 5.75 Å². The molecule has 1 amide bonds. The maximum Gasteiger partial charge on any atom is 0.411 e. The predicted octanol–water partition coefficient (Wildman–Crippen LogP) is 4.43. The molecule has 0 atom stereocenters. The van der Waals surface area contributed by atoms with Crippen molar-refractivity contribution in [3.05, 3.63) is 22.2 Å². The van der Waals surface area contributed by atoms with E-state index in [-0.39, 0.29) is 0 Å². The Morgan fingerprint density at radius 1 is 1.22 bits per heavy atom. The van der Waals surface area contributed by atoms with Gasteiger partial charge in [0.15, 0.2) is 0 Å². The summed E-state index contributed by atoms with van der Waals surface area (Å²) < 4.78 is 10.5. The van der Waals surface area contributed by atoms with Crippen LogP contribution in [0.4, 0.5) is 10.5 Å². The topological polar surface area (TPSA) is 50.8 Å². The Labute approximate surface area is 146 Å². The lowest BCUT2D eigenvalue weighted by molar-refractivity contribution is 0.131. The molecule has 1 N–H and O–H groups in total. The minimum absolute atomic E-state index is 0.314. The van der Waals surface area contributed by atoms with Crippen LogP contribution in [0.15, 0.2) is 12.1 Å². The Morgan fingerprint density at radius 3 is 2.48 bits per heavy atom. The highest BCUT2D eigenvalue weighted by molar-refractivity contribution is 6.39. The van der Waals surface area contributed by atoms with Gasteiger partial charge in [-0.15, -0.1) is 0 Å². The molecule has 2 rings (SSSR count). The van der Waals surface area contributed by atoms with Crippen LogP contribution in [0, 0.1) is 0 Å². The second-order valence-corrected chi connectivity index (χ2v) is 6.17. The van der Waals surface area contributed by atoms with Crippen molar-refractivity contribution in [2.75, 3.05) is 38.2 Å².